The van der Waals surface area contributed by atoms with Gasteiger partial charge < -0.3 is 15.0 Å². The van der Waals surface area contributed by atoms with E-state index >= 15 is 0 Å². The Hall–Kier alpha value is -3.87. The first-order chi connectivity index (χ1) is 19.2. The van der Waals surface area contributed by atoms with Crippen LogP contribution in [0.5, 0.6) is 5.75 Å². The average Bonchev–Trinajstić information content (AvgIpc) is 3.33. The summed E-state index contributed by atoms with van der Waals surface area (Å²) in [6, 6.07) is 21.1. The average molecular weight is 621 g/mol. The van der Waals surface area contributed by atoms with E-state index in [-0.39, 0.29) is 24.6 Å². The first-order valence-corrected chi connectivity index (χ1v) is 14.1. The normalized spacial score (nSPS) is 18.8. The Kier molecular flexibility index (Phi) is 8.10. The number of urea groups is 1. The molecule has 1 saturated heterocycles. The van der Waals surface area contributed by atoms with Gasteiger partial charge in [-0.1, -0.05) is 51.8 Å². The fourth-order valence-corrected chi connectivity index (χ4v) is 5.51. The number of carbonyl (C=O) groups is 2. The Balaban J connectivity index is 1.72. The van der Waals surface area contributed by atoms with E-state index in [1.54, 1.807) is 35.2 Å². The van der Waals surface area contributed by atoms with Gasteiger partial charge in [0.25, 0.3) is 0 Å². The molecule has 3 amide bonds. The van der Waals surface area contributed by atoms with Gasteiger partial charge in [0.05, 0.1) is 29.3 Å². The van der Waals surface area contributed by atoms with Crippen LogP contribution in [-0.4, -0.2) is 53.3 Å². The van der Waals surface area contributed by atoms with Crippen LogP contribution < -0.4 is 10.1 Å². The molecule has 0 spiro atoms. The number of amides is 3. The molecular formula is C30H27BrClN5O3. The molecule has 0 aromatic heterocycles. The molecule has 5 rings (SSSR count). The van der Waals surface area contributed by atoms with Crippen LogP contribution in [0.15, 0.2) is 76.2 Å². The van der Waals surface area contributed by atoms with Crippen LogP contribution >= 0.6 is 27.5 Å². The molecule has 2 aliphatic heterocycles. The Labute approximate surface area is 246 Å². The van der Waals surface area contributed by atoms with Crippen LogP contribution in [0.2, 0.25) is 5.02 Å². The molecule has 3 aromatic carbocycles. The lowest BCUT2D eigenvalue weighted by atomic mass is 9.93. The summed E-state index contributed by atoms with van der Waals surface area (Å²) in [4.78, 5) is 35.0. The van der Waals surface area contributed by atoms with Crippen LogP contribution in [0.25, 0.3) is 0 Å². The molecule has 204 valence electrons. The number of nitrogens with zero attached hydrogens (tertiary/aromatic N) is 4. The van der Waals surface area contributed by atoms with Crippen molar-refractivity contribution in [2.75, 3.05) is 19.6 Å². The van der Waals surface area contributed by atoms with Crippen molar-refractivity contribution in [3.05, 3.63) is 98.5 Å². The van der Waals surface area contributed by atoms with Gasteiger partial charge in [-0.15, -0.1) is 0 Å². The number of ether oxygens (including phenoxy) is 1. The van der Waals surface area contributed by atoms with E-state index in [4.69, 9.17) is 21.3 Å². The number of halogens is 2. The molecule has 0 aliphatic carbocycles. The van der Waals surface area contributed by atoms with Crippen molar-refractivity contribution in [2.24, 2.45) is 4.99 Å². The Morgan fingerprint density at radius 2 is 1.93 bits per heavy atom. The highest BCUT2D eigenvalue weighted by atomic mass is 79.9. The fourth-order valence-electron chi connectivity index (χ4n) is 4.97. The van der Waals surface area contributed by atoms with E-state index in [0.717, 1.165) is 15.6 Å². The molecule has 3 aromatic rings. The molecule has 2 unspecified atom stereocenters. The summed E-state index contributed by atoms with van der Waals surface area (Å²) in [5.41, 5.74) is 2.75. The third-order valence-electron chi connectivity index (χ3n) is 6.70. The number of nitrogens with one attached hydrogen (secondary N) is 1. The third-order valence-corrected chi connectivity index (χ3v) is 7.44. The van der Waals surface area contributed by atoms with Crippen molar-refractivity contribution < 1.29 is 14.3 Å². The number of hydrogen-bond acceptors (Lipinski definition) is 5. The van der Waals surface area contributed by atoms with Gasteiger partial charge in [-0.05, 0) is 67.4 Å². The molecule has 1 N–H and O–H groups in total. The lowest BCUT2D eigenvalue weighted by molar-refractivity contribution is -0.123. The van der Waals surface area contributed by atoms with Crippen LogP contribution in [-0.2, 0) is 4.79 Å². The second kappa shape index (κ2) is 11.7. The number of aliphatic imine (C=N–C) groups is 1. The summed E-state index contributed by atoms with van der Waals surface area (Å²) in [6.07, 6.45) is -0.183. The fraction of sp³-hybridized carbons (Fsp3) is 0.267. The quantitative estimate of drug-likeness (QED) is 0.387. The van der Waals surface area contributed by atoms with Crippen LogP contribution in [0, 0.1) is 11.3 Å². The van der Waals surface area contributed by atoms with Crippen molar-refractivity contribution >= 4 is 45.3 Å². The maximum absolute atomic E-state index is 14.3. The number of nitriles is 1. The minimum Gasteiger partial charge on any atom is -0.490 e. The molecule has 8 nitrogen and oxygen atoms in total. The second-order valence-electron chi connectivity index (χ2n) is 9.86. The zero-order valence-electron chi connectivity index (χ0n) is 22.0. The van der Waals surface area contributed by atoms with Crippen molar-refractivity contribution in [2.45, 2.75) is 32.0 Å². The molecule has 2 heterocycles. The smallest absolute Gasteiger partial charge is 0.326 e. The largest absolute Gasteiger partial charge is 0.490 e. The third kappa shape index (κ3) is 5.69. The van der Waals surface area contributed by atoms with Crippen molar-refractivity contribution in [1.29, 1.82) is 5.26 Å². The zero-order chi connectivity index (χ0) is 28.4. The SMILES string of the molecule is CC(C)Oc1cc(C#N)ccc1C1=NC(c2cccc(Br)c2)C(c2ccc(Cl)cc2)N1C(=O)N1CCNC(=O)C1. The number of rotatable bonds is 5. The summed E-state index contributed by atoms with van der Waals surface area (Å²) >= 11 is 9.81. The molecule has 0 saturated carbocycles. The molecule has 1 fully saturated rings. The van der Waals surface area contributed by atoms with Gasteiger partial charge in [0.2, 0.25) is 5.91 Å². The van der Waals surface area contributed by atoms with E-state index in [1.807, 2.05) is 50.2 Å². The molecule has 0 bridgehead atoms. The van der Waals surface area contributed by atoms with Crippen molar-refractivity contribution in [3.8, 4) is 11.8 Å². The molecular weight excluding hydrogens is 594 g/mol. The topological polar surface area (TPSA) is 98.0 Å². The standard InChI is InChI=1S/C30H27BrClN5O3/c1-18(2)40-25-14-19(16-33)6-11-24(25)29-35-27(21-4-3-5-22(31)15-21)28(20-7-9-23(32)10-8-20)37(29)30(39)36-13-12-34-26(38)17-36/h3-11,14-15,18,27-28H,12-13,17H2,1-2H3,(H,34,38). The zero-order valence-corrected chi connectivity index (χ0v) is 24.3. The van der Waals surface area contributed by atoms with Gasteiger partial charge in [0.1, 0.15) is 24.2 Å². The van der Waals surface area contributed by atoms with E-state index in [2.05, 4.69) is 27.3 Å². The molecule has 10 heteroatoms. The number of hydrogen-bond donors (Lipinski definition) is 1. The van der Waals surface area contributed by atoms with Crippen molar-refractivity contribution in [3.63, 3.8) is 0 Å². The number of benzene rings is 3. The predicted octanol–water partition coefficient (Wildman–Crippen LogP) is 5.86. The van der Waals surface area contributed by atoms with Crippen molar-refractivity contribution in [1.82, 2.24) is 15.1 Å². The van der Waals surface area contributed by atoms with E-state index < -0.39 is 12.1 Å². The summed E-state index contributed by atoms with van der Waals surface area (Å²) in [5.74, 6) is 0.638. The molecule has 2 aliphatic rings. The van der Waals surface area contributed by atoms with Gasteiger partial charge >= 0.3 is 6.03 Å². The Morgan fingerprint density at radius 3 is 2.60 bits per heavy atom. The van der Waals surface area contributed by atoms with Crippen LogP contribution in [0.4, 0.5) is 4.79 Å². The number of amidine groups is 1. The Morgan fingerprint density at radius 1 is 1.15 bits per heavy atom. The van der Waals surface area contributed by atoms with Gasteiger partial charge in [-0.2, -0.15) is 5.26 Å². The van der Waals surface area contributed by atoms with E-state index in [9.17, 15) is 14.9 Å². The lowest BCUT2D eigenvalue weighted by Gasteiger charge is -2.36. The minimum absolute atomic E-state index is 0.0553. The van der Waals surface area contributed by atoms with Gasteiger partial charge in [0, 0.05) is 22.6 Å². The maximum atomic E-state index is 14.3. The number of piperazine rings is 1. The van der Waals surface area contributed by atoms with E-state index in [1.165, 1.54) is 4.90 Å². The summed E-state index contributed by atoms with van der Waals surface area (Å²) in [5, 5.41) is 12.9. The molecule has 40 heavy (non-hydrogen) atoms. The van der Waals surface area contributed by atoms with E-state index in [0.29, 0.717) is 40.8 Å². The van der Waals surface area contributed by atoms with Crippen LogP contribution in [0.1, 0.15) is 48.2 Å². The van der Waals surface area contributed by atoms with Gasteiger partial charge in [0.15, 0.2) is 0 Å². The predicted molar refractivity (Wildman–Crippen MR) is 156 cm³/mol. The maximum Gasteiger partial charge on any atom is 0.326 e. The lowest BCUT2D eigenvalue weighted by Crippen LogP contribution is -2.55. The van der Waals surface area contributed by atoms with Gasteiger partial charge in [-0.3, -0.25) is 14.7 Å². The Bertz CT molecular complexity index is 1520. The summed E-state index contributed by atoms with van der Waals surface area (Å²) < 4.78 is 7.02. The first kappa shape index (κ1) is 27.7. The summed E-state index contributed by atoms with van der Waals surface area (Å²) in [7, 11) is 0. The highest BCUT2D eigenvalue weighted by Gasteiger charge is 2.45. The molecule has 2 atom stereocenters. The highest BCUT2D eigenvalue weighted by Crippen LogP contribution is 2.45. The summed E-state index contributed by atoms with van der Waals surface area (Å²) in [6.45, 7) is 4.47. The van der Waals surface area contributed by atoms with Gasteiger partial charge in [-0.25, -0.2) is 4.79 Å². The minimum atomic E-state index is -0.540. The monoisotopic (exact) mass is 619 g/mol. The second-order valence-corrected chi connectivity index (χ2v) is 11.2. The highest BCUT2D eigenvalue weighted by molar-refractivity contribution is 9.10. The first-order valence-electron chi connectivity index (χ1n) is 12.9. The number of carbonyl (C=O) groups excluding carboxylic acids is 2. The van der Waals surface area contributed by atoms with Crippen LogP contribution in [0.3, 0.4) is 0 Å². The molecule has 0 radical (unpaired) electrons.